The highest BCUT2D eigenvalue weighted by atomic mass is 16.3. The number of rotatable bonds is 2. The molecule has 2 aromatic heterocycles. The third-order valence-corrected chi connectivity index (χ3v) is 3.10. The number of hydrogen-bond acceptors (Lipinski definition) is 4. The fourth-order valence-corrected chi connectivity index (χ4v) is 2.10. The van der Waals surface area contributed by atoms with Crippen molar-refractivity contribution in [3.8, 4) is 17.1 Å². The molecule has 96 valence electrons. The van der Waals surface area contributed by atoms with Crippen LogP contribution in [-0.4, -0.2) is 20.0 Å². The minimum absolute atomic E-state index is 0.622. The molecule has 5 nitrogen and oxygen atoms in total. The number of para-hydroxylation sites is 2. The van der Waals surface area contributed by atoms with Crippen LogP contribution < -0.4 is 0 Å². The first-order chi connectivity index (χ1) is 9.90. The average molecular weight is 262 g/mol. The summed E-state index contributed by atoms with van der Waals surface area (Å²) in [7, 11) is 0. The minimum Gasteiger partial charge on any atom is -0.436 e. The van der Waals surface area contributed by atoms with Gasteiger partial charge in [-0.15, -0.1) is 5.10 Å². The Balaban J connectivity index is 1.75. The molecule has 0 saturated carbocycles. The molecule has 0 fully saturated rings. The predicted octanol–water partition coefficient (Wildman–Crippen LogP) is 3.08. The maximum Gasteiger partial charge on any atom is 0.227 e. The lowest BCUT2D eigenvalue weighted by Gasteiger charge is -2.00. The van der Waals surface area contributed by atoms with Gasteiger partial charge in [0.15, 0.2) is 5.58 Å². The zero-order chi connectivity index (χ0) is 13.4. The molecule has 0 bridgehead atoms. The molecule has 0 saturated heterocycles. The molecule has 0 spiro atoms. The van der Waals surface area contributed by atoms with E-state index in [1.165, 1.54) is 0 Å². The van der Waals surface area contributed by atoms with Crippen molar-refractivity contribution in [2.24, 2.45) is 0 Å². The summed E-state index contributed by atoms with van der Waals surface area (Å²) in [5.74, 6) is 0.622. The van der Waals surface area contributed by atoms with Crippen molar-refractivity contribution in [3.05, 3.63) is 60.9 Å². The predicted molar refractivity (Wildman–Crippen MR) is 74.4 cm³/mol. The normalized spacial score (nSPS) is 11.0. The molecule has 0 unspecified atom stereocenters. The lowest BCUT2D eigenvalue weighted by Crippen LogP contribution is -1.94. The van der Waals surface area contributed by atoms with Crippen LogP contribution in [0.15, 0.2) is 65.3 Å². The van der Waals surface area contributed by atoms with Gasteiger partial charge in [0.2, 0.25) is 5.89 Å². The fraction of sp³-hybridized carbons (Fsp3) is 0. The van der Waals surface area contributed by atoms with E-state index in [4.69, 9.17) is 4.42 Å². The van der Waals surface area contributed by atoms with E-state index in [2.05, 4.69) is 15.3 Å². The number of aromatic nitrogens is 4. The topological polar surface area (TPSA) is 56.7 Å². The highest BCUT2D eigenvalue weighted by Gasteiger charge is 2.07. The first kappa shape index (κ1) is 10.9. The molecule has 0 N–H and O–H groups in total. The Hall–Kier alpha value is -2.95. The van der Waals surface area contributed by atoms with Crippen LogP contribution in [-0.2, 0) is 0 Å². The van der Waals surface area contributed by atoms with Gasteiger partial charge in [0.1, 0.15) is 5.52 Å². The molecule has 2 heterocycles. The Labute approximate surface area is 114 Å². The van der Waals surface area contributed by atoms with Crippen LogP contribution in [0.4, 0.5) is 0 Å². The summed E-state index contributed by atoms with van der Waals surface area (Å²) >= 11 is 0. The number of hydrogen-bond donors (Lipinski definition) is 0. The van der Waals surface area contributed by atoms with Crippen LogP contribution in [0.1, 0.15) is 0 Å². The van der Waals surface area contributed by atoms with E-state index in [1.807, 2.05) is 48.5 Å². The number of oxazole rings is 1. The molecule has 4 aromatic rings. The molecule has 5 heteroatoms. The molecule has 20 heavy (non-hydrogen) atoms. The Kier molecular flexibility index (Phi) is 2.35. The van der Waals surface area contributed by atoms with Gasteiger partial charge in [-0.05, 0) is 36.4 Å². The van der Waals surface area contributed by atoms with E-state index in [9.17, 15) is 0 Å². The smallest absolute Gasteiger partial charge is 0.227 e. The largest absolute Gasteiger partial charge is 0.436 e. The SMILES string of the molecule is c1ccc2oc(-c3ccc(-n4ccnn4)cc3)nc2c1. The lowest BCUT2D eigenvalue weighted by molar-refractivity contribution is 0.620. The zero-order valence-electron chi connectivity index (χ0n) is 10.5. The highest BCUT2D eigenvalue weighted by Crippen LogP contribution is 2.24. The van der Waals surface area contributed by atoms with Crippen molar-refractivity contribution in [1.82, 2.24) is 20.0 Å². The first-order valence-electron chi connectivity index (χ1n) is 6.23. The minimum atomic E-state index is 0.622. The van der Waals surface area contributed by atoms with Crippen LogP contribution in [0.25, 0.3) is 28.2 Å². The van der Waals surface area contributed by atoms with Crippen LogP contribution in [0.3, 0.4) is 0 Å². The lowest BCUT2D eigenvalue weighted by atomic mass is 10.2. The van der Waals surface area contributed by atoms with E-state index in [0.717, 1.165) is 22.4 Å². The van der Waals surface area contributed by atoms with Gasteiger partial charge in [0.25, 0.3) is 0 Å². The summed E-state index contributed by atoms with van der Waals surface area (Å²) in [4.78, 5) is 4.47. The Morgan fingerprint density at radius 3 is 2.55 bits per heavy atom. The quantitative estimate of drug-likeness (QED) is 0.557. The van der Waals surface area contributed by atoms with Crippen LogP contribution >= 0.6 is 0 Å². The van der Waals surface area contributed by atoms with E-state index >= 15 is 0 Å². The first-order valence-corrected chi connectivity index (χ1v) is 6.23. The maximum absolute atomic E-state index is 5.74. The van der Waals surface area contributed by atoms with Crippen LogP contribution in [0.2, 0.25) is 0 Å². The molecule has 0 radical (unpaired) electrons. The highest BCUT2D eigenvalue weighted by molar-refractivity contribution is 5.76. The summed E-state index contributed by atoms with van der Waals surface area (Å²) in [6, 6.07) is 15.6. The van der Waals surface area contributed by atoms with Crippen molar-refractivity contribution in [2.45, 2.75) is 0 Å². The van der Waals surface area contributed by atoms with Gasteiger partial charge in [0.05, 0.1) is 18.1 Å². The Bertz CT molecular complexity index is 814. The number of benzene rings is 2. The second-order valence-corrected chi connectivity index (χ2v) is 4.38. The molecular formula is C15H10N4O. The van der Waals surface area contributed by atoms with Crippen molar-refractivity contribution in [1.29, 1.82) is 0 Å². The number of nitrogens with zero attached hydrogens (tertiary/aromatic N) is 4. The summed E-state index contributed by atoms with van der Waals surface area (Å²) in [5, 5.41) is 7.74. The van der Waals surface area contributed by atoms with Gasteiger partial charge in [-0.1, -0.05) is 17.3 Å². The van der Waals surface area contributed by atoms with Gasteiger partial charge >= 0.3 is 0 Å². The second kappa shape index (κ2) is 4.31. The molecule has 0 atom stereocenters. The number of fused-ring (bicyclic) bond motifs is 1. The fourth-order valence-electron chi connectivity index (χ4n) is 2.10. The summed E-state index contributed by atoms with van der Waals surface area (Å²) in [5.41, 5.74) is 3.54. The monoisotopic (exact) mass is 262 g/mol. The second-order valence-electron chi connectivity index (χ2n) is 4.38. The van der Waals surface area contributed by atoms with Gasteiger partial charge < -0.3 is 4.42 Å². The van der Waals surface area contributed by atoms with Crippen molar-refractivity contribution >= 4 is 11.1 Å². The molecule has 2 aromatic carbocycles. The molecule has 0 amide bonds. The van der Waals surface area contributed by atoms with E-state index in [0.29, 0.717) is 5.89 Å². The summed E-state index contributed by atoms with van der Waals surface area (Å²) in [6.07, 6.45) is 3.45. The zero-order valence-corrected chi connectivity index (χ0v) is 10.5. The van der Waals surface area contributed by atoms with Gasteiger partial charge in [-0.25, -0.2) is 9.67 Å². The molecule has 0 aliphatic carbocycles. The van der Waals surface area contributed by atoms with Crippen LogP contribution in [0, 0.1) is 0 Å². The standard InChI is InChI=1S/C15H10N4O/c1-2-4-14-13(3-1)17-15(20-14)11-5-7-12(8-6-11)19-10-9-16-18-19/h1-10H. The average Bonchev–Trinajstić information content (AvgIpc) is 3.17. The third-order valence-electron chi connectivity index (χ3n) is 3.10. The maximum atomic E-state index is 5.74. The Morgan fingerprint density at radius 1 is 0.950 bits per heavy atom. The molecule has 0 aliphatic rings. The van der Waals surface area contributed by atoms with Crippen molar-refractivity contribution < 1.29 is 4.42 Å². The van der Waals surface area contributed by atoms with Crippen molar-refractivity contribution in [2.75, 3.05) is 0 Å². The van der Waals surface area contributed by atoms with Gasteiger partial charge in [-0.2, -0.15) is 0 Å². The third kappa shape index (κ3) is 1.76. The van der Waals surface area contributed by atoms with Gasteiger partial charge in [0, 0.05) is 5.56 Å². The van der Waals surface area contributed by atoms with E-state index < -0.39 is 0 Å². The summed E-state index contributed by atoms with van der Waals surface area (Å²) in [6.45, 7) is 0. The molecule has 4 rings (SSSR count). The summed E-state index contributed by atoms with van der Waals surface area (Å²) < 4.78 is 7.44. The van der Waals surface area contributed by atoms with Gasteiger partial charge in [-0.3, -0.25) is 0 Å². The van der Waals surface area contributed by atoms with Crippen LogP contribution in [0.5, 0.6) is 0 Å². The molecule has 0 aliphatic heterocycles. The molecular weight excluding hydrogens is 252 g/mol. The Morgan fingerprint density at radius 2 is 1.80 bits per heavy atom. The van der Waals surface area contributed by atoms with E-state index in [1.54, 1.807) is 17.1 Å². The van der Waals surface area contributed by atoms with Crippen molar-refractivity contribution in [3.63, 3.8) is 0 Å². The van der Waals surface area contributed by atoms with E-state index in [-0.39, 0.29) is 0 Å².